The summed E-state index contributed by atoms with van der Waals surface area (Å²) in [5.74, 6) is -0.219. The molecule has 0 bridgehead atoms. The molecule has 0 spiro atoms. The summed E-state index contributed by atoms with van der Waals surface area (Å²) < 4.78 is 0. The van der Waals surface area contributed by atoms with Crippen molar-refractivity contribution in [2.45, 2.75) is 5.60 Å². The second-order valence-electron chi connectivity index (χ2n) is 4.92. The number of aliphatic hydroxyl groups is 1. The van der Waals surface area contributed by atoms with Gasteiger partial charge in [0.2, 0.25) is 5.91 Å². The second-order valence-corrected chi connectivity index (χ2v) is 7.62. The Morgan fingerprint density at radius 3 is 2.65 bits per heavy atom. The van der Waals surface area contributed by atoms with Crippen molar-refractivity contribution < 1.29 is 9.90 Å². The average Bonchev–Trinajstić information content (AvgIpc) is 3.33. The van der Waals surface area contributed by atoms with Crippen LogP contribution < -0.4 is 5.32 Å². The summed E-state index contributed by atoms with van der Waals surface area (Å²) in [6.45, 7) is 0.137. The van der Waals surface area contributed by atoms with Crippen LogP contribution in [0, 0.1) is 0 Å². The van der Waals surface area contributed by atoms with Crippen LogP contribution in [0.5, 0.6) is 0 Å². The average molecular weight is 362 g/mol. The Hall–Kier alpha value is -1.73. The summed E-state index contributed by atoms with van der Waals surface area (Å²) in [6, 6.07) is 9.56. The van der Waals surface area contributed by atoms with Crippen LogP contribution in [0.2, 0.25) is 0 Å². The molecule has 0 radical (unpaired) electrons. The van der Waals surface area contributed by atoms with Crippen molar-refractivity contribution in [1.29, 1.82) is 0 Å². The number of nitrogens with one attached hydrogen (secondary N) is 1. The van der Waals surface area contributed by atoms with Gasteiger partial charge >= 0.3 is 0 Å². The Morgan fingerprint density at radius 2 is 2.00 bits per heavy atom. The molecule has 2 N–H and O–H groups in total. The minimum Gasteiger partial charge on any atom is -0.378 e. The predicted octanol–water partition coefficient (Wildman–Crippen LogP) is 3.94. The Labute approximate surface area is 146 Å². The van der Waals surface area contributed by atoms with Gasteiger partial charge in [-0.3, -0.25) is 4.79 Å². The van der Waals surface area contributed by atoms with E-state index in [0.717, 1.165) is 15.3 Å². The quantitative estimate of drug-likeness (QED) is 0.654. The van der Waals surface area contributed by atoms with Crippen molar-refractivity contribution >= 4 is 46.0 Å². The lowest BCUT2D eigenvalue weighted by atomic mass is 9.94. The first-order valence-electron chi connectivity index (χ1n) is 6.97. The van der Waals surface area contributed by atoms with E-state index in [2.05, 4.69) is 5.32 Å². The monoisotopic (exact) mass is 361 g/mol. The second kappa shape index (κ2) is 7.23. The SMILES string of the molecule is O=C(/C=C/c1cccs1)NCC(O)(c1ccsc1)c1cccs1. The van der Waals surface area contributed by atoms with Gasteiger partial charge in [-0.25, -0.2) is 0 Å². The fourth-order valence-electron chi connectivity index (χ4n) is 2.16. The van der Waals surface area contributed by atoms with E-state index >= 15 is 0 Å². The van der Waals surface area contributed by atoms with Gasteiger partial charge in [0.15, 0.2) is 0 Å². The zero-order valence-electron chi connectivity index (χ0n) is 12.1. The third kappa shape index (κ3) is 3.79. The fraction of sp³-hybridized carbons (Fsp3) is 0.118. The van der Waals surface area contributed by atoms with Crippen molar-refractivity contribution in [2.75, 3.05) is 6.54 Å². The molecule has 6 heteroatoms. The minimum absolute atomic E-state index is 0.137. The minimum atomic E-state index is -1.19. The van der Waals surface area contributed by atoms with Gasteiger partial charge in [0.05, 0.1) is 6.54 Å². The smallest absolute Gasteiger partial charge is 0.244 e. The third-order valence-electron chi connectivity index (χ3n) is 3.39. The molecule has 3 rings (SSSR count). The number of carbonyl (C=O) groups excluding carboxylic acids is 1. The van der Waals surface area contributed by atoms with Crippen molar-refractivity contribution in [1.82, 2.24) is 5.32 Å². The molecule has 0 fully saturated rings. The van der Waals surface area contributed by atoms with E-state index in [1.54, 1.807) is 17.4 Å². The van der Waals surface area contributed by atoms with Gasteiger partial charge in [0, 0.05) is 21.4 Å². The first-order chi connectivity index (χ1) is 11.2. The van der Waals surface area contributed by atoms with Crippen LogP contribution in [-0.2, 0) is 10.4 Å². The Morgan fingerprint density at radius 1 is 1.17 bits per heavy atom. The number of hydrogen-bond donors (Lipinski definition) is 2. The summed E-state index contributed by atoms with van der Waals surface area (Å²) in [6.07, 6.45) is 3.27. The molecule has 3 aromatic rings. The van der Waals surface area contributed by atoms with Crippen LogP contribution in [0.1, 0.15) is 15.3 Å². The highest BCUT2D eigenvalue weighted by atomic mass is 32.1. The highest BCUT2D eigenvalue weighted by molar-refractivity contribution is 7.11. The van der Waals surface area contributed by atoms with E-state index in [9.17, 15) is 9.90 Å². The third-order valence-corrected chi connectivity index (χ3v) is 5.93. The molecule has 0 aliphatic carbocycles. The van der Waals surface area contributed by atoms with Crippen molar-refractivity contribution in [3.05, 3.63) is 73.2 Å². The van der Waals surface area contributed by atoms with Crippen molar-refractivity contribution in [2.24, 2.45) is 0 Å². The van der Waals surface area contributed by atoms with Gasteiger partial charge in [0.1, 0.15) is 5.60 Å². The zero-order chi connectivity index (χ0) is 16.1. The first kappa shape index (κ1) is 16.1. The Kier molecular flexibility index (Phi) is 5.07. The maximum atomic E-state index is 12.0. The molecule has 1 amide bonds. The lowest BCUT2D eigenvalue weighted by Crippen LogP contribution is -2.40. The molecule has 1 unspecified atom stereocenters. The van der Waals surface area contributed by atoms with E-state index in [-0.39, 0.29) is 12.5 Å². The normalized spacial score (nSPS) is 14.0. The van der Waals surface area contributed by atoms with Gasteiger partial charge < -0.3 is 10.4 Å². The van der Waals surface area contributed by atoms with Gasteiger partial charge in [-0.2, -0.15) is 11.3 Å². The molecule has 0 saturated carbocycles. The van der Waals surface area contributed by atoms with Crippen LogP contribution in [0.4, 0.5) is 0 Å². The maximum absolute atomic E-state index is 12.0. The lowest BCUT2D eigenvalue weighted by molar-refractivity contribution is -0.117. The molecule has 0 aliphatic rings. The lowest BCUT2D eigenvalue weighted by Gasteiger charge is -2.26. The van der Waals surface area contributed by atoms with E-state index < -0.39 is 5.60 Å². The first-order valence-corrected chi connectivity index (χ1v) is 9.67. The molecular formula is C17H15NO2S3. The van der Waals surface area contributed by atoms with Crippen LogP contribution >= 0.6 is 34.0 Å². The molecule has 0 aromatic carbocycles. The topological polar surface area (TPSA) is 49.3 Å². The number of amides is 1. The highest BCUT2D eigenvalue weighted by Gasteiger charge is 2.33. The van der Waals surface area contributed by atoms with Crippen LogP contribution in [0.15, 0.2) is 57.9 Å². The van der Waals surface area contributed by atoms with E-state index in [0.29, 0.717) is 0 Å². The number of thiophene rings is 3. The van der Waals surface area contributed by atoms with Crippen LogP contribution in [0.25, 0.3) is 6.08 Å². The van der Waals surface area contributed by atoms with E-state index in [1.807, 2.05) is 51.9 Å². The molecule has 0 saturated heterocycles. The van der Waals surface area contributed by atoms with Crippen LogP contribution in [-0.4, -0.2) is 17.6 Å². The molecule has 1 atom stereocenters. The Bertz CT molecular complexity index is 725. The van der Waals surface area contributed by atoms with E-state index in [4.69, 9.17) is 0 Å². The summed E-state index contributed by atoms with van der Waals surface area (Å²) in [5.41, 5.74) is -0.395. The van der Waals surface area contributed by atoms with Gasteiger partial charge in [-0.05, 0) is 45.8 Å². The van der Waals surface area contributed by atoms with Gasteiger partial charge in [-0.1, -0.05) is 12.1 Å². The molecule has 3 nitrogen and oxygen atoms in total. The molecule has 118 valence electrons. The molecule has 23 heavy (non-hydrogen) atoms. The molecular weight excluding hydrogens is 346 g/mol. The number of carbonyl (C=O) groups is 1. The number of hydrogen-bond acceptors (Lipinski definition) is 5. The summed E-state index contributed by atoms with van der Waals surface area (Å²) >= 11 is 4.58. The van der Waals surface area contributed by atoms with Gasteiger partial charge in [0.25, 0.3) is 0 Å². The Balaban J connectivity index is 1.71. The standard InChI is InChI=1S/C17H15NO2S3/c19-16(6-5-14-3-1-8-22-14)18-12-17(20,13-7-10-21-11-13)15-4-2-9-23-15/h1-11,20H,12H2,(H,18,19)/b6-5+. The summed E-state index contributed by atoms with van der Waals surface area (Å²) in [4.78, 5) is 13.9. The summed E-state index contributed by atoms with van der Waals surface area (Å²) in [5, 5.41) is 21.6. The van der Waals surface area contributed by atoms with Gasteiger partial charge in [-0.15, -0.1) is 22.7 Å². The zero-order valence-corrected chi connectivity index (χ0v) is 14.6. The van der Waals surface area contributed by atoms with Crippen molar-refractivity contribution in [3.63, 3.8) is 0 Å². The molecule has 3 heterocycles. The fourth-order valence-corrected chi connectivity index (χ4v) is 4.35. The maximum Gasteiger partial charge on any atom is 0.244 e. The number of rotatable bonds is 6. The highest BCUT2D eigenvalue weighted by Crippen LogP contribution is 2.33. The molecule has 3 aromatic heterocycles. The van der Waals surface area contributed by atoms with Crippen molar-refractivity contribution in [3.8, 4) is 0 Å². The largest absolute Gasteiger partial charge is 0.378 e. The molecule has 0 aliphatic heterocycles. The van der Waals surface area contributed by atoms with E-state index in [1.165, 1.54) is 28.7 Å². The predicted molar refractivity (Wildman–Crippen MR) is 98.0 cm³/mol. The summed E-state index contributed by atoms with van der Waals surface area (Å²) in [7, 11) is 0. The van der Waals surface area contributed by atoms with Crippen LogP contribution in [0.3, 0.4) is 0 Å².